The number of aliphatic hydroxyl groups is 1. The molecule has 0 aliphatic carbocycles. The van der Waals surface area contributed by atoms with Crippen molar-refractivity contribution in [3.63, 3.8) is 0 Å². The maximum Gasteiger partial charge on any atom is 0.408 e. The van der Waals surface area contributed by atoms with Gasteiger partial charge in [-0.1, -0.05) is 38.7 Å². The Labute approximate surface area is 237 Å². The number of alkyl carbamates (subject to hydrolysis) is 1. The van der Waals surface area contributed by atoms with Crippen LogP contribution >= 0.6 is 0 Å². The van der Waals surface area contributed by atoms with Gasteiger partial charge in [0.05, 0.1) is 19.6 Å². The second-order valence-electron chi connectivity index (χ2n) is 10.6. The number of benzene rings is 1. The third kappa shape index (κ3) is 12.2. The zero-order valence-corrected chi connectivity index (χ0v) is 24.7. The van der Waals surface area contributed by atoms with Gasteiger partial charge >= 0.3 is 12.1 Å². The van der Waals surface area contributed by atoms with E-state index in [1.165, 1.54) is 11.0 Å². The molecule has 3 amide bonds. The van der Waals surface area contributed by atoms with Crippen molar-refractivity contribution in [1.82, 2.24) is 15.5 Å². The monoisotopic (exact) mass is 565 g/mol. The number of unbranched alkanes of at least 4 members (excludes halogenated alkanes) is 4. The molecule has 0 bridgehead atoms. The number of hydrogen-bond acceptors (Lipinski definition) is 8. The molecule has 2 atom stereocenters. The van der Waals surface area contributed by atoms with Crippen LogP contribution in [0.15, 0.2) is 18.2 Å². The number of aryl methyl sites for hydroxylation is 1. The molecule has 4 N–H and O–H groups in total. The number of aliphatic hydroxyl groups excluding tert-OH is 1. The van der Waals surface area contributed by atoms with Crippen molar-refractivity contribution >= 4 is 23.9 Å². The molecule has 2 unspecified atom stereocenters. The lowest BCUT2D eigenvalue weighted by molar-refractivity contribution is -0.144. The Morgan fingerprint density at radius 2 is 1.73 bits per heavy atom. The van der Waals surface area contributed by atoms with Crippen LogP contribution in [0.3, 0.4) is 0 Å². The van der Waals surface area contributed by atoms with Crippen molar-refractivity contribution in [3.05, 3.63) is 29.3 Å². The summed E-state index contributed by atoms with van der Waals surface area (Å²) in [7, 11) is 0. The van der Waals surface area contributed by atoms with Crippen LogP contribution in [0.2, 0.25) is 0 Å². The molecule has 226 valence electrons. The second-order valence-corrected chi connectivity index (χ2v) is 10.6. The molecule has 0 heterocycles. The minimum Gasteiger partial charge on any atom is -0.508 e. The normalized spacial score (nSPS) is 12.7. The average molecular weight is 566 g/mol. The fourth-order valence-corrected chi connectivity index (χ4v) is 4.03. The minimum absolute atomic E-state index is 0.0106. The lowest BCUT2D eigenvalue weighted by Gasteiger charge is -2.34. The molecule has 11 nitrogen and oxygen atoms in total. The summed E-state index contributed by atoms with van der Waals surface area (Å²) in [6.45, 7) is 10.1. The van der Waals surface area contributed by atoms with E-state index in [1.54, 1.807) is 46.8 Å². The van der Waals surface area contributed by atoms with Crippen LogP contribution in [0.25, 0.3) is 0 Å². The molecule has 0 aliphatic heterocycles. The summed E-state index contributed by atoms with van der Waals surface area (Å²) in [6.07, 6.45) is 3.49. The van der Waals surface area contributed by atoms with Crippen LogP contribution in [0, 0.1) is 6.92 Å². The van der Waals surface area contributed by atoms with Gasteiger partial charge in [-0.25, -0.2) is 4.79 Å². The Kier molecular flexibility index (Phi) is 15.1. The zero-order valence-electron chi connectivity index (χ0n) is 24.7. The third-order valence-electron chi connectivity index (χ3n) is 5.99. The van der Waals surface area contributed by atoms with Crippen molar-refractivity contribution in [2.45, 2.75) is 97.8 Å². The first-order valence-corrected chi connectivity index (χ1v) is 14.0. The van der Waals surface area contributed by atoms with Gasteiger partial charge < -0.3 is 35.2 Å². The smallest absolute Gasteiger partial charge is 0.408 e. The molecular weight excluding hydrogens is 518 g/mol. The molecule has 1 aromatic carbocycles. The largest absolute Gasteiger partial charge is 0.508 e. The number of nitrogens with zero attached hydrogens (tertiary/aromatic N) is 1. The number of aromatic hydroxyl groups is 1. The van der Waals surface area contributed by atoms with Crippen LogP contribution < -0.4 is 10.6 Å². The van der Waals surface area contributed by atoms with E-state index in [2.05, 4.69) is 17.6 Å². The van der Waals surface area contributed by atoms with Crippen molar-refractivity contribution < 1.29 is 38.9 Å². The van der Waals surface area contributed by atoms with Crippen LogP contribution in [0.5, 0.6) is 5.75 Å². The number of phenolic OH excluding ortho intramolecular Hbond substituents is 1. The topological polar surface area (TPSA) is 154 Å². The van der Waals surface area contributed by atoms with Gasteiger partial charge in [-0.05, 0) is 64.3 Å². The van der Waals surface area contributed by atoms with Crippen LogP contribution in [-0.2, 0) is 23.9 Å². The Hall–Kier alpha value is -3.34. The van der Waals surface area contributed by atoms with E-state index < -0.39 is 48.2 Å². The molecule has 40 heavy (non-hydrogen) atoms. The summed E-state index contributed by atoms with van der Waals surface area (Å²) < 4.78 is 10.2. The molecule has 11 heteroatoms. The van der Waals surface area contributed by atoms with Gasteiger partial charge in [0.15, 0.2) is 0 Å². The first kappa shape index (κ1) is 34.7. The number of carbonyl (C=O) groups excluding carboxylic acids is 4. The number of rotatable bonds is 16. The first-order chi connectivity index (χ1) is 18.8. The summed E-state index contributed by atoms with van der Waals surface area (Å²) >= 11 is 0. The highest BCUT2D eigenvalue weighted by Crippen LogP contribution is 2.27. The van der Waals surface area contributed by atoms with E-state index >= 15 is 0 Å². The summed E-state index contributed by atoms with van der Waals surface area (Å²) in [4.78, 5) is 53.0. The summed E-state index contributed by atoms with van der Waals surface area (Å²) in [5.41, 5.74) is 0.111. The van der Waals surface area contributed by atoms with Crippen molar-refractivity contribution in [2.24, 2.45) is 0 Å². The van der Waals surface area contributed by atoms with Gasteiger partial charge in [0.2, 0.25) is 11.8 Å². The van der Waals surface area contributed by atoms with E-state index in [4.69, 9.17) is 9.47 Å². The number of amides is 3. The molecule has 0 saturated heterocycles. The van der Waals surface area contributed by atoms with Gasteiger partial charge in [0.25, 0.3) is 0 Å². The van der Waals surface area contributed by atoms with Gasteiger partial charge in [0, 0.05) is 13.1 Å². The maximum absolute atomic E-state index is 13.8. The fraction of sp³-hybridized carbons (Fsp3) is 0.655. The van der Waals surface area contributed by atoms with Gasteiger partial charge in [0.1, 0.15) is 23.4 Å². The highest BCUT2D eigenvalue weighted by atomic mass is 16.6. The Balaban J connectivity index is 3.38. The Morgan fingerprint density at radius 1 is 1.05 bits per heavy atom. The number of esters is 1. The van der Waals surface area contributed by atoms with Gasteiger partial charge in [-0.3, -0.25) is 14.4 Å². The van der Waals surface area contributed by atoms with Crippen LogP contribution in [0.1, 0.15) is 90.3 Å². The summed E-state index contributed by atoms with van der Waals surface area (Å²) in [5.74, 6) is -1.65. The molecule has 0 aromatic heterocycles. The van der Waals surface area contributed by atoms with E-state index in [0.29, 0.717) is 17.5 Å². The fourth-order valence-electron chi connectivity index (χ4n) is 4.03. The molecule has 0 aliphatic rings. The molecule has 0 spiro atoms. The van der Waals surface area contributed by atoms with E-state index in [0.717, 1.165) is 25.7 Å². The molecule has 0 fully saturated rings. The third-order valence-corrected chi connectivity index (χ3v) is 5.99. The number of ether oxygens (including phenoxy) is 2. The number of phenols is 1. The minimum atomic E-state index is -1.36. The standard InChI is InChI=1S/C29H47N3O8/c1-7-9-10-11-12-17-32(27(37)22(19-33)31-28(38)40-29(4,5)6)25(21-13-14-23(34)20(3)18-21)26(36)30-16-15-24(35)39-8-2/h13-14,18,22,25,33-34H,7-12,15-17,19H2,1-6H3,(H,30,36)(H,31,38). The number of nitrogens with one attached hydrogen (secondary N) is 2. The first-order valence-electron chi connectivity index (χ1n) is 14.0. The molecule has 0 radical (unpaired) electrons. The zero-order chi connectivity index (χ0) is 30.3. The predicted octanol–water partition coefficient (Wildman–Crippen LogP) is 3.50. The quantitative estimate of drug-likeness (QED) is 0.175. The highest BCUT2D eigenvalue weighted by molar-refractivity contribution is 5.92. The molecule has 1 aromatic rings. The predicted molar refractivity (Wildman–Crippen MR) is 151 cm³/mol. The lowest BCUT2D eigenvalue weighted by Crippen LogP contribution is -2.54. The second kappa shape index (κ2) is 17.4. The van der Waals surface area contributed by atoms with E-state index in [9.17, 15) is 29.4 Å². The van der Waals surface area contributed by atoms with E-state index in [-0.39, 0.29) is 31.9 Å². The van der Waals surface area contributed by atoms with Gasteiger partial charge in [-0.2, -0.15) is 0 Å². The Morgan fingerprint density at radius 3 is 2.30 bits per heavy atom. The maximum atomic E-state index is 13.8. The SMILES string of the molecule is CCCCCCCN(C(=O)C(CO)NC(=O)OC(C)(C)C)C(C(=O)NCCC(=O)OCC)c1ccc(O)c(C)c1. The lowest BCUT2D eigenvalue weighted by atomic mass is 9.99. The summed E-state index contributed by atoms with van der Waals surface area (Å²) in [5, 5.41) is 25.3. The van der Waals surface area contributed by atoms with Crippen LogP contribution in [-0.4, -0.2) is 76.9 Å². The van der Waals surface area contributed by atoms with E-state index in [1.807, 2.05) is 0 Å². The van der Waals surface area contributed by atoms with Crippen LogP contribution in [0.4, 0.5) is 4.79 Å². The van der Waals surface area contributed by atoms with Crippen molar-refractivity contribution in [3.8, 4) is 5.75 Å². The highest BCUT2D eigenvalue weighted by Gasteiger charge is 2.36. The molecular formula is C29H47N3O8. The average Bonchev–Trinajstić information content (AvgIpc) is 2.87. The number of carbonyl (C=O) groups is 4. The number of hydrogen-bond donors (Lipinski definition) is 4. The van der Waals surface area contributed by atoms with Crippen molar-refractivity contribution in [2.75, 3.05) is 26.3 Å². The Bertz CT molecular complexity index is 977. The van der Waals surface area contributed by atoms with Gasteiger partial charge in [-0.15, -0.1) is 0 Å². The summed E-state index contributed by atoms with van der Waals surface area (Å²) in [6, 6.07) is 2.08. The molecule has 1 rings (SSSR count). The molecule has 0 saturated carbocycles. The van der Waals surface area contributed by atoms with Crippen molar-refractivity contribution in [1.29, 1.82) is 0 Å².